The highest BCUT2D eigenvalue weighted by molar-refractivity contribution is 6.11. The fourth-order valence-corrected chi connectivity index (χ4v) is 4.12. The third-order valence-electron chi connectivity index (χ3n) is 5.77. The average molecular weight is 380 g/mol. The minimum Gasteiger partial charge on any atom is -0.319 e. The smallest absolute Gasteiger partial charge is 0.319 e. The average Bonchev–Trinajstić information content (AvgIpc) is 3.26. The molecular weight excluding hydrogens is 359 g/mol. The first-order valence-corrected chi connectivity index (χ1v) is 9.50. The van der Waals surface area contributed by atoms with Crippen molar-refractivity contribution in [3.8, 4) is 0 Å². The number of nitrogens with one attached hydrogen (secondary N) is 1. The molecule has 0 unspecified atom stereocenters. The monoisotopic (exact) mass is 380 g/mol. The second kappa shape index (κ2) is 6.86. The van der Waals surface area contributed by atoms with Crippen molar-refractivity contribution in [1.29, 1.82) is 0 Å². The van der Waals surface area contributed by atoms with Crippen molar-refractivity contribution in [1.82, 2.24) is 10.2 Å². The first-order valence-electron chi connectivity index (χ1n) is 9.50. The fraction of sp³-hybridized carbons (Fsp3) is 0.318. The van der Waals surface area contributed by atoms with Crippen LogP contribution in [0.4, 0.5) is 9.18 Å². The lowest BCUT2D eigenvalue weighted by atomic mass is 9.87. The van der Waals surface area contributed by atoms with Gasteiger partial charge in [0.05, 0.1) is 6.54 Å². The lowest BCUT2D eigenvalue weighted by molar-refractivity contribution is -0.131. The predicted octanol–water partition coefficient (Wildman–Crippen LogP) is 3.35. The maximum absolute atomic E-state index is 13.3. The third-order valence-corrected chi connectivity index (χ3v) is 5.77. The molecule has 0 radical (unpaired) electrons. The van der Waals surface area contributed by atoms with Crippen molar-refractivity contribution in [3.05, 3.63) is 70.5 Å². The van der Waals surface area contributed by atoms with E-state index in [0.717, 1.165) is 29.7 Å². The number of urea groups is 1. The molecular formula is C22H21FN2O3. The van der Waals surface area contributed by atoms with E-state index in [4.69, 9.17) is 0 Å². The molecule has 2 aromatic carbocycles. The molecule has 1 fully saturated rings. The SMILES string of the molecule is CC[C@]1(c2ccc(F)cc2)NC(=O)N(CC(=O)c2ccc3c(c2)CCC3)C1=O. The van der Waals surface area contributed by atoms with Crippen LogP contribution in [0, 0.1) is 5.82 Å². The zero-order valence-electron chi connectivity index (χ0n) is 15.6. The standard InChI is InChI=1S/C22H21FN2O3/c1-2-22(17-8-10-18(23)11-9-17)20(27)25(21(28)24-22)13-19(26)16-7-6-14-4-3-5-15(14)12-16/h6-12H,2-5,13H2,1H3,(H,24,28)/t22-/m1/s1. The zero-order chi connectivity index (χ0) is 19.9. The van der Waals surface area contributed by atoms with Crippen LogP contribution in [-0.4, -0.2) is 29.2 Å². The van der Waals surface area contributed by atoms with Gasteiger partial charge in [0.1, 0.15) is 11.4 Å². The van der Waals surface area contributed by atoms with Crippen LogP contribution in [-0.2, 0) is 23.2 Å². The Kier molecular flexibility index (Phi) is 4.49. The second-order valence-corrected chi connectivity index (χ2v) is 7.35. The summed E-state index contributed by atoms with van der Waals surface area (Å²) in [5.41, 5.74) is 2.16. The summed E-state index contributed by atoms with van der Waals surface area (Å²) in [5, 5.41) is 2.71. The van der Waals surface area contributed by atoms with Crippen LogP contribution in [0.25, 0.3) is 0 Å². The molecule has 5 nitrogen and oxygen atoms in total. The van der Waals surface area contributed by atoms with Crippen molar-refractivity contribution in [2.75, 3.05) is 6.54 Å². The number of hydrogen-bond donors (Lipinski definition) is 1. The van der Waals surface area contributed by atoms with Crippen LogP contribution in [0.1, 0.15) is 46.8 Å². The summed E-state index contributed by atoms with van der Waals surface area (Å²) in [6, 6.07) is 10.5. The van der Waals surface area contributed by atoms with Gasteiger partial charge in [-0.15, -0.1) is 0 Å². The molecule has 28 heavy (non-hydrogen) atoms. The number of Topliss-reactive ketones (excluding diaryl/α,β-unsaturated/α-hetero) is 1. The van der Waals surface area contributed by atoms with E-state index >= 15 is 0 Å². The number of hydrogen-bond acceptors (Lipinski definition) is 3. The van der Waals surface area contributed by atoms with Crippen LogP contribution in [0.5, 0.6) is 0 Å². The summed E-state index contributed by atoms with van der Waals surface area (Å²) < 4.78 is 13.3. The first kappa shape index (κ1) is 18.3. The molecule has 0 spiro atoms. The fourth-order valence-electron chi connectivity index (χ4n) is 4.12. The van der Waals surface area contributed by atoms with E-state index in [0.29, 0.717) is 17.5 Å². The topological polar surface area (TPSA) is 66.5 Å². The molecule has 2 aliphatic rings. The van der Waals surface area contributed by atoms with Gasteiger partial charge in [-0.2, -0.15) is 0 Å². The molecule has 1 aliphatic carbocycles. The highest BCUT2D eigenvalue weighted by atomic mass is 19.1. The van der Waals surface area contributed by atoms with Crippen molar-refractivity contribution in [3.63, 3.8) is 0 Å². The maximum Gasteiger partial charge on any atom is 0.325 e. The third kappa shape index (κ3) is 2.89. The summed E-state index contributed by atoms with van der Waals surface area (Å²) >= 11 is 0. The Bertz CT molecular complexity index is 970. The van der Waals surface area contributed by atoms with Gasteiger partial charge in [-0.05, 0) is 60.6 Å². The molecule has 2 aromatic rings. The van der Waals surface area contributed by atoms with Gasteiger partial charge >= 0.3 is 6.03 Å². The number of carbonyl (C=O) groups excluding carboxylic acids is 3. The molecule has 1 saturated heterocycles. The van der Waals surface area contributed by atoms with Crippen LogP contribution in [0.15, 0.2) is 42.5 Å². The van der Waals surface area contributed by atoms with Gasteiger partial charge in [0, 0.05) is 5.56 Å². The summed E-state index contributed by atoms with van der Waals surface area (Å²) in [4.78, 5) is 39.3. The lowest BCUT2D eigenvalue weighted by Gasteiger charge is -2.25. The highest BCUT2D eigenvalue weighted by Gasteiger charge is 2.51. The minimum absolute atomic E-state index is 0.274. The molecule has 6 heteroatoms. The number of rotatable bonds is 5. The Labute approximate surface area is 162 Å². The van der Waals surface area contributed by atoms with Gasteiger partial charge in [0.15, 0.2) is 5.78 Å². The Balaban J connectivity index is 1.58. The molecule has 0 saturated carbocycles. The zero-order valence-corrected chi connectivity index (χ0v) is 15.6. The summed E-state index contributed by atoms with van der Waals surface area (Å²) in [6.45, 7) is 1.46. The number of fused-ring (bicyclic) bond motifs is 1. The molecule has 0 aromatic heterocycles. The van der Waals surface area contributed by atoms with E-state index < -0.39 is 23.3 Å². The molecule has 1 heterocycles. The van der Waals surface area contributed by atoms with E-state index in [1.54, 1.807) is 13.0 Å². The minimum atomic E-state index is -1.27. The molecule has 1 atom stereocenters. The van der Waals surface area contributed by atoms with E-state index in [2.05, 4.69) is 5.32 Å². The number of aryl methyl sites for hydroxylation is 2. The Hall–Kier alpha value is -3.02. The molecule has 144 valence electrons. The van der Waals surface area contributed by atoms with Gasteiger partial charge < -0.3 is 5.32 Å². The number of halogens is 1. The molecule has 4 rings (SSSR count). The van der Waals surface area contributed by atoms with E-state index in [1.807, 2.05) is 12.1 Å². The van der Waals surface area contributed by atoms with Crippen LogP contribution >= 0.6 is 0 Å². The van der Waals surface area contributed by atoms with Gasteiger partial charge in [-0.25, -0.2) is 9.18 Å². The number of ketones is 1. The van der Waals surface area contributed by atoms with Gasteiger partial charge in [0.2, 0.25) is 0 Å². The number of nitrogens with zero attached hydrogens (tertiary/aromatic N) is 1. The largest absolute Gasteiger partial charge is 0.325 e. The molecule has 1 N–H and O–H groups in total. The Morgan fingerprint density at radius 3 is 2.54 bits per heavy atom. The number of amides is 3. The lowest BCUT2D eigenvalue weighted by Crippen LogP contribution is -2.43. The van der Waals surface area contributed by atoms with Gasteiger partial charge in [-0.1, -0.05) is 31.2 Å². The highest BCUT2D eigenvalue weighted by Crippen LogP contribution is 2.33. The number of carbonyl (C=O) groups is 3. The van der Waals surface area contributed by atoms with Crippen LogP contribution in [0.3, 0.4) is 0 Å². The Morgan fingerprint density at radius 2 is 1.82 bits per heavy atom. The van der Waals surface area contributed by atoms with Gasteiger partial charge in [0.25, 0.3) is 5.91 Å². The van der Waals surface area contributed by atoms with E-state index in [9.17, 15) is 18.8 Å². The molecule has 3 amide bonds. The van der Waals surface area contributed by atoms with Crippen molar-refractivity contribution < 1.29 is 18.8 Å². The number of benzene rings is 2. The maximum atomic E-state index is 13.3. The normalized spacial score (nSPS) is 21.0. The Morgan fingerprint density at radius 1 is 1.11 bits per heavy atom. The van der Waals surface area contributed by atoms with Crippen LogP contribution < -0.4 is 5.32 Å². The summed E-state index contributed by atoms with van der Waals surface area (Å²) in [5.74, 6) is -1.18. The summed E-state index contributed by atoms with van der Waals surface area (Å²) in [6.07, 6.45) is 3.35. The van der Waals surface area contributed by atoms with Crippen molar-refractivity contribution >= 4 is 17.7 Å². The van der Waals surface area contributed by atoms with Gasteiger partial charge in [-0.3, -0.25) is 14.5 Å². The van der Waals surface area contributed by atoms with E-state index in [-0.39, 0.29) is 12.3 Å². The van der Waals surface area contributed by atoms with E-state index in [1.165, 1.54) is 29.8 Å². The number of imide groups is 1. The first-order chi connectivity index (χ1) is 13.4. The van der Waals surface area contributed by atoms with Crippen LogP contribution in [0.2, 0.25) is 0 Å². The predicted molar refractivity (Wildman–Crippen MR) is 101 cm³/mol. The molecule has 0 bridgehead atoms. The second-order valence-electron chi connectivity index (χ2n) is 7.35. The summed E-state index contributed by atoms with van der Waals surface area (Å²) in [7, 11) is 0. The van der Waals surface area contributed by atoms with Crippen molar-refractivity contribution in [2.24, 2.45) is 0 Å². The molecule has 1 aliphatic heterocycles. The quantitative estimate of drug-likeness (QED) is 0.639. The van der Waals surface area contributed by atoms with Crippen molar-refractivity contribution in [2.45, 2.75) is 38.1 Å².